The monoisotopic (exact) mass is 319 g/mol. The fourth-order valence-corrected chi connectivity index (χ4v) is 3.05. The van der Waals surface area contributed by atoms with Gasteiger partial charge in [0.1, 0.15) is 6.54 Å². The van der Waals surface area contributed by atoms with Gasteiger partial charge in [0, 0.05) is 42.1 Å². The van der Waals surface area contributed by atoms with Gasteiger partial charge in [-0.05, 0) is 37.3 Å². The van der Waals surface area contributed by atoms with Gasteiger partial charge >= 0.3 is 0 Å². The maximum absolute atomic E-state index is 12.4. The molecule has 0 fully saturated rings. The number of hydrogen-bond acceptors (Lipinski definition) is 3. The Hall–Kier alpha value is -3.15. The summed E-state index contributed by atoms with van der Waals surface area (Å²) in [6.07, 6.45) is 5.43. The Morgan fingerprint density at radius 1 is 1.21 bits per heavy atom. The molecule has 0 aliphatic carbocycles. The number of carbonyl (C=O) groups is 1. The van der Waals surface area contributed by atoms with Crippen molar-refractivity contribution in [2.75, 3.05) is 5.32 Å². The number of nitrogens with one attached hydrogen (secondary N) is 1. The second-order valence-corrected chi connectivity index (χ2v) is 5.87. The molecule has 0 aliphatic heterocycles. The number of pyridine rings is 1. The zero-order valence-electron chi connectivity index (χ0n) is 13.5. The van der Waals surface area contributed by atoms with Crippen LogP contribution in [0.2, 0.25) is 0 Å². The van der Waals surface area contributed by atoms with Crippen molar-refractivity contribution >= 4 is 33.4 Å². The van der Waals surface area contributed by atoms with Crippen LogP contribution in [-0.4, -0.2) is 25.2 Å². The Bertz CT molecular complexity index is 1060. The number of anilines is 1. The van der Waals surface area contributed by atoms with Crippen LogP contribution >= 0.6 is 0 Å². The van der Waals surface area contributed by atoms with E-state index in [1.807, 2.05) is 59.7 Å². The number of rotatable bonds is 3. The van der Waals surface area contributed by atoms with Gasteiger partial charge in [0.15, 0.2) is 0 Å². The summed E-state index contributed by atoms with van der Waals surface area (Å²) in [5, 5.41) is 9.48. The van der Waals surface area contributed by atoms with Crippen LogP contribution in [0.3, 0.4) is 0 Å². The molecule has 24 heavy (non-hydrogen) atoms. The summed E-state index contributed by atoms with van der Waals surface area (Å²) >= 11 is 0. The Morgan fingerprint density at radius 3 is 2.96 bits per heavy atom. The first-order chi connectivity index (χ1) is 11.6. The van der Waals surface area contributed by atoms with Gasteiger partial charge in [-0.25, -0.2) is 0 Å². The molecule has 0 saturated heterocycles. The predicted molar refractivity (Wildman–Crippen MR) is 93.8 cm³/mol. The highest BCUT2D eigenvalue weighted by Crippen LogP contribution is 2.21. The van der Waals surface area contributed by atoms with Crippen LogP contribution in [0.1, 0.15) is 5.69 Å². The van der Waals surface area contributed by atoms with Crippen molar-refractivity contribution in [2.24, 2.45) is 7.05 Å². The highest BCUT2D eigenvalue weighted by Gasteiger charge is 2.09. The van der Waals surface area contributed by atoms with Crippen molar-refractivity contribution in [3.8, 4) is 0 Å². The number of carbonyl (C=O) groups excluding carboxylic acids is 1. The van der Waals surface area contributed by atoms with Crippen LogP contribution in [0.25, 0.3) is 21.8 Å². The Morgan fingerprint density at radius 2 is 2.08 bits per heavy atom. The van der Waals surface area contributed by atoms with Crippen LogP contribution in [-0.2, 0) is 18.4 Å². The number of aryl methyl sites for hydroxylation is 2. The zero-order chi connectivity index (χ0) is 16.7. The van der Waals surface area contributed by atoms with E-state index in [4.69, 9.17) is 0 Å². The lowest BCUT2D eigenvalue weighted by Crippen LogP contribution is -2.18. The van der Waals surface area contributed by atoms with Gasteiger partial charge in [-0.3, -0.25) is 14.5 Å². The highest BCUT2D eigenvalue weighted by molar-refractivity contribution is 5.94. The Balaban J connectivity index is 1.57. The molecule has 1 aromatic carbocycles. The molecule has 0 bridgehead atoms. The predicted octanol–water partition coefficient (Wildman–Crippen LogP) is 2.87. The van der Waals surface area contributed by atoms with E-state index >= 15 is 0 Å². The van der Waals surface area contributed by atoms with Gasteiger partial charge < -0.3 is 9.88 Å². The molecule has 0 aliphatic rings. The van der Waals surface area contributed by atoms with Gasteiger partial charge in [0.2, 0.25) is 5.91 Å². The van der Waals surface area contributed by atoms with Crippen molar-refractivity contribution in [2.45, 2.75) is 13.5 Å². The van der Waals surface area contributed by atoms with Crippen LogP contribution in [0.4, 0.5) is 5.69 Å². The smallest absolute Gasteiger partial charge is 0.244 e. The molecule has 6 nitrogen and oxygen atoms in total. The molecule has 120 valence electrons. The summed E-state index contributed by atoms with van der Waals surface area (Å²) < 4.78 is 3.74. The quantitative estimate of drug-likeness (QED) is 0.631. The Kier molecular flexibility index (Phi) is 3.30. The molecule has 3 heterocycles. The van der Waals surface area contributed by atoms with Crippen molar-refractivity contribution in [1.29, 1.82) is 0 Å². The fourth-order valence-electron chi connectivity index (χ4n) is 3.05. The largest absolute Gasteiger partial charge is 0.338 e. The van der Waals surface area contributed by atoms with E-state index in [0.29, 0.717) is 0 Å². The summed E-state index contributed by atoms with van der Waals surface area (Å²) in [7, 11) is 1.90. The first-order valence-corrected chi connectivity index (χ1v) is 7.74. The van der Waals surface area contributed by atoms with E-state index in [2.05, 4.69) is 15.4 Å². The molecule has 0 radical (unpaired) electrons. The molecule has 4 rings (SSSR count). The summed E-state index contributed by atoms with van der Waals surface area (Å²) in [6, 6.07) is 9.72. The van der Waals surface area contributed by atoms with E-state index in [-0.39, 0.29) is 12.5 Å². The minimum Gasteiger partial charge on any atom is -0.338 e. The van der Waals surface area contributed by atoms with Gasteiger partial charge in [-0.2, -0.15) is 5.10 Å². The number of hydrogen-bond donors (Lipinski definition) is 1. The van der Waals surface area contributed by atoms with Crippen molar-refractivity contribution < 1.29 is 4.79 Å². The summed E-state index contributed by atoms with van der Waals surface area (Å²) in [5.74, 6) is -0.0671. The number of fused-ring (bicyclic) bond motifs is 2. The molecule has 1 N–H and O–H groups in total. The summed E-state index contributed by atoms with van der Waals surface area (Å²) in [5.41, 5.74) is 3.76. The molecule has 0 spiro atoms. The van der Waals surface area contributed by atoms with E-state index in [1.54, 1.807) is 12.4 Å². The van der Waals surface area contributed by atoms with E-state index in [0.717, 1.165) is 33.2 Å². The first-order valence-electron chi connectivity index (χ1n) is 7.74. The lowest BCUT2D eigenvalue weighted by atomic mass is 10.2. The van der Waals surface area contributed by atoms with Gasteiger partial charge in [-0.1, -0.05) is 0 Å². The fraction of sp³-hybridized carbons (Fsp3) is 0.167. The number of benzene rings is 1. The summed E-state index contributed by atoms with van der Waals surface area (Å²) in [6.45, 7) is 2.24. The van der Waals surface area contributed by atoms with E-state index in [9.17, 15) is 4.79 Å². The van der Waals surface area contributed by atoms with Crippen LogP contribution in [0.15, 0.2) is 48.9 Å². The maximum Gasteiger partial charge on any atom is 0.244 e. The third-order valence-electron chi connectivity index (χ3n) is 4.21. The van der Waals surface area contributed by atoms with Crippen LogP contribution < -0.4 is 5.32 Å². The van der Waals surface area contributed by atoms with Crippen molar-refractivity contribution in [1.82, 2.24) is 19.3 Å². The first kappa shape index (κ1) is 14.4. The molecule has 0 saturated carbocycles. The second-order valence-electron chi connectivity index (χ2n) is 5.87. The minimum atomic E-state index is -0.0671. The third-order valence-corrected chi connectivity index (χ3v) is 4.21. The number of nitrogens with zero attached hydrogens (tertiary/aromatic N) is 4. The standard InChI is InChI=1S/C18H17N5O/c1-12-15-4-3-14(9-17(15)22(2)21-12)20-18(24)11-23-8-6-13-10-19-7-5-16(13)23/h3-10H,11H2,1-2H3,(H,20,24). The van der Waals surface area contributed by atoms with Crippen LogP contribution in [0.5, 0.6) is 0 Å². The second kappa shape index (κ2) is 5.49. The molecule has 0 atom stereocenters. The molecule has 0 unspecified atom stereocenters. The van der Waals surface area contributed by atoms with Crippen LogP contribution in [0, 0.1) is 6.92 Å². The topological polar surface area (TPSA) is 64.7 Å². The molecule has 4 aromatic rings. The SMILES string of the molecule is Cc1nn(C)c2cc(NC(=O)Cn3ccc4cnccc43)ccc12. The number of amides is 1. The highest BCUT2D eigenvalue weighted by atomic mass is 16.1. The lowest BCUT2D eigenvalue weighted by Gasteiger charge is -2.08. The molecular formula is C18H17N5O. The van der Waals surface area contributed by atoms with E-state index < -0.39 is 0 Å². The lowest BCUT2D eigenvalue weighted by molar-refractivity contribution is -0.116. The number of aromatic nitrogens is 4. The average molecular weight is 319 g/mol. The summed E-state index contributed by atoms with van der Waals surface area (Å²) in [4.78, 5) is 16.5. The molecule has 1 amide bonds. The molecule has 3 aromatic heterocycles. The maximum atomic E-state index is 12.4. The van der Waals surface area contributed by atoms with E-state index in [1.165, 1.54) is 0 Å². The van der Waals surface area contributed by atoms with Gasteiger partial charge in [-0.15, -0.1) is 0 Å². The third kappa shape index (κ3) is 2.42. The van der Waals surface area contributed by atoms with Gasteiger partial charge in [0.25, 0.3) is 0 Å². The van der Waals surface area contributed by atoms with Crippen molar-refractivity contribution in [3.63, 3.8) is 0 Å². The minimum absolute atomic E-state index is 0.0671. The average Bonchev–Trinajstić information content (AvgIpc) is 3.09. The van der Waals surface area contributed by atoms with Crippen molar-refractivity contribution in [3.05, 3.63) is 54.6 Å². The molecule has 6 heteroatoms. The normalized spacial score (nSPS) is 11.2. The molecular weight excluding hydrogens is 302 g/mol. The Labute approximate surface area is 138 Å². The van der Waals surface area contributed by atoms with Gasteiger partial charge in [0.05, 0.1) is 16.7 Å². The zero-order valence-corrected chi connectivity index (χ0v) is 13.5.